The van der Waals surface area contributed by atoms with Gasteiger partial charge in [0.2, 0.25) is 11.6 Å². The smallest absolute Gasteiger partial charge is 0.217 e. The van der Waals surface area contributed by atoms with Crippen molar-refractivity contribution in [3.63, 3.8) is 0 Å². The number of nitrogens with one attached hydrogen (secondary N) is 1. The van der Waals surface area contributed by atoms with Gasteiger partial charge in [-0.1, -0.05) is 57.0 Å². The summed E-state index contributed by atoms with van der Waals surface area (Å²) in [5, 5.41) is 18.6. The number of pyridine rings is 1. The molecule has 170 valence electrons. The number of nitrogens with zero attached hydrogens (tertiary/aromatic N) is 7. The van der Waals surface area contributed by atoms with E-state index in [1.165, 1.54) is 0 Å². The topological polar surface area (TPSA) is 115 Å². The first-order valence-corrected chi connectivity index (χ1v) is 11.4. The number of carbonyl (C=O) groups is 1. The number of hydrogen-bond donors (Lipinski definition) is 1. The number of aryl methyl sites for hydroxylation is 1. The van der Waals surface area contributed by atoms with E-state index in [1.807, 2.05) is 16.8 Å². The van der Waals surface area contributed by atoms with Gasteiger partial charge in [0.1, 0.15) is 11.5 Å². The molecule has 33 heavy (non-hydrogen) atoms. The summed E-state index contributed by atoms with van der Waals surface area (Å²) < 4.78 is 1.90. The number of aromatic amines is 1. The van der Waals surface area contributed by atoms with E-state index in [2.05, 4.69) is 73.8 Å². The molecular weight excluding hydrogens is 416 g/mol. The second kappa shape index (κ2) is 10.7. The lowest BCUT2D eigenvalue weighted by Crippen LogP contribution is -2.07. The summed E-state index contributed by atoms with van der Waals surface area (Å²) in [4.78, 5) is 21.5. The molecule has 9 heteroatoms. The van der Waals surface area contributed by atoms with E-state index in [9.17, 15) is 4.79 Å². The van der Waals surface area contributed by atoms with Gasteiger partial charge < -0.3 is 0 Å². The molecule has 0 saturated heterocycles. The van der Waals surface area contributed by atoms with Gasteiger partial charge in [-0.05, 0) is 40.5 Å². The van der Waals surface area contributed by atoms with Gasteiger partial charge >= 0.3 is 0 Å². The summed E-state index contributed by atoms with van der Waals surface area (Å²) in [7, 11) is 0. The minimum absolute atomic E-state index is 0.0229. The lowest BCUT2D eigenvalue weighted by molar-refractivity contribution is 0.0969. The Bertz CT molecular complexity index is 1180. The molecule has 1 N–H and O–H groups in total. The number of benzene rings is 1. The van der Waals surface area contributed by atoms with Crippen LogP contribution in [0, 0.1) is 0 Å². The first kappa shape index (κ1) is 22.4. The van der Waals surface area contributed by atoms with E-state index in [0.717, 1.165) is 54.7 Å². The van der Waals surface area contributed by atoms with Gasteiger partial charge in [0.05, 0.1) is 0 Å². The van der Waals surface area contributed by atoms with Gasteiger partial charge in [-0.3, -0.25) is 9.78 Å². The van der Waals surface area contributed by atoms with Crippen molar-refractivity contribution in [1.82, 2.24) is 40.4 Å². The number of hydrogen-bond acceptors (Lipinski definition) is 7. The Morgan fingerprint density at radius 1 is 1.06 bits per heavy atom. The highest BCUT2D eigenvalue weighted by Crippen LogP contribution is 2.28. The summed E-state index contributed by atoms with van der Waals surface area (Å²) in [6.07, 6.45) is 6.73. The molecule has 0 radical (unpaired) electrons. The van der Waals surface area contributed by atoms with E-state index in [0.29, 0.717) is 30.2 Å². The molecular formula is C24H28N8O. The van der Waals surface area contributed by atoms with Crippen molar-refractivity contribution in [2.45, 2.75) is 58.9 Å². The van der Waals surface area contributed by atoms with Crippen molar-refractivity contribution < 1.29 is 4.79 Å². The van der Waals surface area contributed by atoms with Crippen LogP contribution in [0.2, 0.25) is 0 Å². The number of H-pyrrole nitrogens is 1. The summed E-state index contributed by atoms with van der Waals surface area (Å²) in [6.45, 7) is 4.99. The summed E-state index contributed by atoms with van der Waals surface area (Å²) in [5.74, 6) is 1.71. The molecule has 0 spiro atoms. The minimum atomic E-state index is 0.0229. The molecule has 0 bridgehead atoms. The predicted molar refractivity (Wildman–Crippen MR) is 124 cm³/mol. The quantitative estimate of drug-likeness (QED) is 0.343. The molecule has 3 heterocycles. The summed E-state index contributed by atoms with van der Waals surface area (Å²) in [6, 6.07) is 12.1. The fourth-order valence-electron chi connectivity index (χ4n) is 3.63. The van der Waals surface area contributed by atoms with E-state index < -0.39 is 0 Å². The van der Waals surface area contributed by atoms with Crippen LogP contribution >= 0.6 is 0 Å². The van der Waals surface area contributed by atoms with Gasteiger partial charge in [0.25, 0.3) is 0 Å². The molecule has 0 amide bonds. The zero-order valence-electron chi connectivity index (χ0n) is 19.0. The number of carbonyl (C=O) groups excluding carboxylic acids is 1. The first-order chi connectivity index (χ1) is 16.2. The van der Waals surface area contributed by atoms with Crippen LogP contribution in [0.25, 0.3) is 22.6 Å². The van der Waals surface area contributed by atoms with Gasteiger partial charge in [-0.15, -0.1) is 10.2 Å². The number of aromatic nitrogens is 8. The third kappa shape index (κ3) is 5.36. The van der Waals surface area contributed by atoms with E-state index in [-0.39, 0.29) is 5.78 Å². The van der Waals surface area contributed by atoms with Crippen LogP contribution < -0.4 is 0 Å². The normalized spacial score (nSPS) is 11.1. The van der Waals surface area contributed by atoms with Crippen LogP contribution in [0.4, 0.5) is 0 Å². The molecule has 0 aliphatic carbocycles. The molecule has 9 nitrogen and oxygen atoms in total. The van der Waals surface area contributed by atoms with Crippen molar-refractivity contribution in [2.75, 3.05) is 0 Å². The van der Waals surface area contributed by atoms with E-state index >= 15 is 0 Å². The molecule has 4 rings (SSSR count). The van der Waals surface area contributed by atoms with Crippen molar-refractivity contribution in [2.24, 2.45) is 0 Å². The van der Waals surface area contributed by atoms with Crippen molar-refractivity contribution in [3.8, 4) is 22.6 Å². The van der Waals surface area contributed by atoms with Crippen molar-refractivity contribution >= 4 is 5.78 Å². The number of tetrazole rings is 1. The predicted octanol–water partition coefficient (Wildman–Crippen LogP) is 4.28. The lowest BCUT2D eigenvalue weighted by atomic mass is 10.0. The van der Waals surface area contributed by atoms with Crippen molar-refractivity contribution in [1.29, 1.82) is 0 Å². The zero-order valence-corrected chi connectivity index (χ0v) is 19.0. The second-order valence-electron chi connectivity index (χ2n) is 7.98. The Hall–Kier alpha value is -3.75. The third-order valence-electron chi connectivity index (χ3n) is 5.48. The Labute approximate surface area is 192 Å². The van der Waals surface area contributed by atoms with Gasteiger partial charge in [0, 0.05) is 31.1 Å². The van der Waals surface area contributed by atoms with Crippen LogP contribution in [-0.4, -0.2) is 46.2 Å². The Balaban J connectivity index is 1.56. The van der Waals surface area contributed by atoms with Gasteiger partial charge in [-0.25, -0.2) is 14.8 Å². The molecule has 0 aliphatic heterocycles. The summed E-state index contributed by atoms with van der Waals surface area (Å²) >= 11 is 0. The van der Waals surface area contributed by atoms with Crippen LogP contribution in [0.5, 0.6) is 0 Å². The highest BCUT2D eigenvalue weighted by atomic mass is 16.1. The highest BCUT2D eigenvalue weighted by molar-refractivity contribution is 5.92. The Kier molecular flexibility index (Phi) is 7.29. The number of unbranched alkanes of at least 4 members (excludes halogenated alkanes) is 2. The SMILES string of the molecule is CCCCC(=O)c1nc(Cc2ccc(-c3cccnc3-c3nnn[nH]3)cc2)n(CCCC)n1. The minimum Gasteiger partial charge on any atom is -0.291 e. The number of ketones is 1. The largest absolute Gasteiger partial charge is 0.291 e. The fourth-order valence-corrected chi connectivity index (χ4v) is 3.63. The van der Waals surface area contributed by atoms with Gasteiger partial charge in [-0.2, -0.15) is 0 Å². The molecule has 0 saturated carbocycles. The molecule has 0 unspecified atom stereocenters. The second-order valence-corrected chi connectivity index (χ2v) is 7.98. The number of rotatable bonds is 11. The molecule has 1 aromatic carbocycles. The third-order valence-corrected chi connectivity index (χ3v) is 5.48. The maximum atomic E-state index is 12.5. The summed E-state index contributed by atoms with van der Waals surface area (Å²) in [5.41, 5.74) is 3.76. The maximum absolute atomic E-state index is 12.5. The van der Waals surface area contributed by atoms with E-state index in [4.69, 9.17) is 0 Å². The van der Waals surface area contributed by atoms with Gasteiger partial charge in [0.15, 0.2) is 5.82 Å². The molecule has 0 aliphatic rings. The standard InChI is InChI=1S/C24H28N8O/c1-3-5-9-20(33)23-26-21(32(29-23)15-6-4-2)16-17-10-12-18(13-11-17)19-8-7-14-25-22(19)24-27-30-31-28-24/h7-8,10-14H,3-6,9,15-16H2,1-2H3,(H,27,28,30,31). The molecule has 0 atom stereocenters. The molecule has 3 aromatic heterocycles. The van der Waals surface area contributed by atoms with Crippen LogP contribution in [0.15, 0.2) is 42.6 Å². The Morgan fingerprint density at radius 2 is 1.88 bits per heavy atom. The molecule has 4 aromatic rings. The molecule has 0 fully saturated rings. The Morgan fingerprint density at radius 3 is 2.61 bits per heavy atom. The first-order valence-electron chi connectivity index (χ1n) is 11.4. The average Bonchev–Trinajstić information content (AvgIpc) is 3.52. The van der Waals surface area contributed by atoms with Crippen LogP contribution in [-0.2, 0) is 13.0 Å². The highest BCUT2D eigenvalue weighted by Gasteiger charge is 2.17. The monoisotopic (exact) mass is 444 g/mol. The van der Waals surface area contributed by atoms with Crippen LogP contribution in [0.1, 0.15) is 68.0 Å². The number of Topliss-reactive ketones (excluding diaryl/α,β-unsaturated/α-hetero) is 1. The fraction of sp³-hybridized carbons (Fsp3) is 0.375. The zero-order chi connectivity index (χ0) is 23.0. The maximum Gasteiger partial charge on any atom is 0.217 e. The van der Waals surface area contributed by atoms with Crippen molar-refractivity contribution in [3.05, 3.63) is 59.8 Å². The van der Waals surface area contributed by atoms with E-state index in [1.54, 1.807) is 6.20 Å². The average molecular weight is 445 g/mol. The lowest BCUT2D eigenvalue weighted by Gasteiger charge is -2.08. The van der Waals surface area contributed by atoms with Crippen LogP contribution in [0.3, 0.4) is 0 Å².